The summed E-state index contributed by atoms with van der Waals surface area (Å²) in [5.41, 5.74) is 5.32. The lowest BCUT2D eigenvalue weighted by molar-refractivity contribution is 0.541. The van der Waals surface area contributed by atoms with Gasteiger partial charge in [0, 0.05) is 6.42 Å². The van der Waals surface area contributed by atoms with E-state index in [1.165, 1.54) is 77.0 Å². The summed E-state index contributed by atoms with van der Waals surface area (Å²) in [6.07, 6.45) is 18.6. The van der Waals surface area contributed by atoms with E-state index < -0.39 is 0 Å². The van der Waals surface area contributed by atoms with Crippen LogP contribution in [0.4, 0.5) is 0 Å². The number of amidine groups is 1. The van der Waals surface area contributed by atoms with Crippen molar-refractivity contribution < 1.29 is 0 Å². The van der Waals surface area contributed by atoms with E-state index in [1.807, 2.05) is 0 Å². The van der Waals surface area contributed by atoms with Gasteiger partial charge in [0.1, 0.15) is 0 Å². The molecule has 18 heavy (non-hydrogen) atoms. The lowest BCUT2D eigenvalue weighted by Gasteiger charge is -2.02. The minimum absolute atomic E-state index is 0.345. The smallest absolute Gasteiger partial charge is 0.0905 e. The Morgan fingerprint density at radius 2 is 1.00 bits per heavy atom. The lowest BCUT2D eigenvalue weighted by atomic mass is 10.0. The van der Waals surface area contributed by atoms with Crippen LogP contribution in [0.5, 0.6) is 0 Å². The van der Waals surface area contributed by atoms with E-state index in [0.717, 1.165) is 12.8 Å². The highest BCUT2D eigenvalue weighted by Crippen LogP contribution is 2.12. The SMILES string of the molecule is CCCCCCCCCCCCCCCC(=N)N. The molecule has 2 nitrogen and oxygen atoms in total. The fraction of sp³-hybridized carbons (Fsp3) is 0.938. The number of hydrogen-bond acceptors (Lipinski definition) is 1. The van der Waals surface area contributed by atoms with Gasteiger partial charge < -0.3 is 5.73 Å². The molecule has 108 valence electrons. The van der Waals surface area contributed by atoms with Crippen molar-refractivity contribution in [3.8, 4) is 0 Å². The fourth-order valence-corrected chi connectivity index (χ4v) is 2.33. The number of hydrogen-bond donors (Lipinski definition) is 2. The second-order valence-corrected chi connectivity index (χ2v) is 5.52. The van der Waals surface area contributed by atoms with Gasteiger partial charge in [-0.25, -0.2) is 0 Å². The molecule has 3 N–H and O–H groups in total. The van der Waals surface area contributed by atoms with Crippen molar-refractivity contribution in [1.82, 2.24) is 0 Å². The Labute approximate surface area is 114 Å². The molecule has 0 saturated carbocycles. The average molecular weight is 254 g/mol. The summed E-state index contributed by atoms with van der Waals surface area (Å²) in [6, 6.07) is 0. The number of rotatable bonds is 14. The largest absolute Gasteiger partial charge is 0.388 e. The maximum absolute atomic E-state index is 7.13. The van der Waals surface area contributed by atoms with Crippen molar-refractivity contribution in [2.45, 2.75) is 96.8 Å². The van der Waals surface area contributed by atoms with Crippen molar-refractivity contribution in [3.05, 3.63) is 0 Å². The second kappa shape index (κ2) is 14.5. The molecule has 0 aliphatic rings. The third-order valence-electron chi connectivity index (χ3n) is 3.55. The Morgan fingerprint density at radius 3 is 1.33 bits per heavy atom. The predicted molar refractivity (Wildman–Crippen MR) is 82.2 cm³/mol. The van der Waals surface area contributed by atoms with Gasteiger partial charge in [-0.05, 0) is 6.42 Å². The van der Waals surface area contributed by atoms with Gasteiger partial charge in [0.2, 0.25) is 0 Å². The summed E-state index contributed by atoms with van der Waals surface area (Å²) < 4.78 is 0. The molecule has 0 aromatic heterocycles. The molecule has 0 heterocycles. The van der Waals surface area contributed by atoms with Crippen LogP contribution in [0.15, 0.2) is 0 Å². The molecule has 0 bridgehead atoms. The number of unbranched alkanes of at least 4 members (excludes halogenated alkanes) is 12. The van der Waals surface area contributed by atoms with Gasteiger partial charge in [-0.1, -0.05) is 84.0 Å². The molecular weight excluding hydrogens is 220 g/mol. The van der Waals surface area contributed by atoms with Gasteiger partial charge >= 0.3 is 0 Å². The molecule has 0 aliphatic carbocycles. The molecule has 0 atom stereocenters. The summed E-state index contributed by atoms with van der Waals surface area (Å²) in [5.74, 6) is 0.345. The van der Waals surface area contributed by atoms with E-state index in [1.54, 1.807) is 0 Å². The van der Waals surface area contributed by atoms with Crippen molar-refractivity contribution >= 4 is 5.84 Å². The fourth-order valence-electron chi connectivity index (χ4n) is 2.33. The first-order valence-corrected chi connectivity index (χ1v) is 8.10. The zero-order valence-corrected chi connectivity index (χ0v) is 12.5. The van der Waals surface area contributed by atoms with Gasteiger partial charge in [-0.3, -0.25) is 5.41 Å². The van der Waals surface area contributed by atoms with Crippen molar-refractivity contribution in [2.75, 3.05) is 0 Å². The predicted octanol–water partition coefficient (Wildman–Crippen LogP) is 5.40. The Kier molecular flexibility index (Phi) is 14.1. The molecular formula is C16H34N2. The molecule has 0 fully saturated rings. The molecule has 0 aromatic rings. The van der Waals surface area contributed by atoms with Gasteiger partial charge in [0.25, 0.3) is 0 Å². The molecule has 0 saturated heterocycles. The molecule has 0 unspecified atom stereocenters. The van der Waals surface area contributed by atoms with E-state index in [0.29, 0.717) is 5.84 Å². The van der Waals surface area contributed by atoms with Crippen LogP contribution in [-0.4, -0.2) is 5.84 Å². The van der Waals surface area contributed by atoms with E-state index in [-0.39, 0.29) is 0 Å². The zero-order valence-electron chi connectivity index (χ0n) is 12.5. The molecule has 0 aromatic carbocycles. The van der Waals surface area contributed by atoms with Crippen molar-refractivity contribution in [3.63, 3.8) is 0 Å². The summed E-state index contributed by atoms with van der Waals surface area (Å²) in [7, 11) is 0. The normalized spacial score (nSPS) is 10.7. The van der Waals surface area contributed by atoms with Crippen molar-refractivity contribution in [2.24, 2.45) is 5.73 Å². The first kappa shape index (κ1) is 17.5. The highest BCUT2D eigenvalue weighted by molar-refractivity contribution is 5.76. The minimum atomic E-state index is 0.345. The zero-order chi connectivity index (χ0) is 13.5. The minimum Gasteiger partial charge on any atom is -0.388 e. The van der Waals surface area contributed by atoms with E-state index in [9.17, 15) is 0 Å². The highest BCUT2D eigenvalue weighted by Gasteiger charge is 1.94. The van der Waals surface area contributed by atoms with Crippen LogP contribution in [-0.2, 0) is 0 Å². The number of nitrogens with two attached hydrogens (primary N) is 1. The van der Waals surface area contributed by atoms with Crippen LogP contribution >= 0.6 is 0 Å². The van der Waals surface area contributed by atoms with Crippen LogP contribution < -0.4 is 5.73 Å². The first-order chi connectivity index (χ1) is 8.77. The Hall–Kier alpha value is -0.530. The van der Waals surface area contributed by atoms with Crippen LogP contribution in [0.3, 0.4) is 0 Å². The second-order valence-electron chi connectivity index (χ2n) is 5.52. The third-order valence-corrected chi connectivity index (χ3v) is 3.55. The summed E-state index contributed by atoms with van der Waals surface area (Å²) >= 11 is 0. The van der Waals surface area contributed by atoms with Gasteiger partial charge in [-0.2, -0.15) is 0 Å². The summed E-state index contributed by atoms with van der Waals surface area (Å²) in [6.45, 7) is 2.27. The van der Waals surface area contributed by atoms with E-state index in [4.69, 9.17) is 11.1 Å². The molecule has 2 heteroatoms. The maximum Gasteiger partial charge on any atom is 0.0905 e. The maximum atomic E-state index is 7.13. The van der Waals surface area contributed by atoms with Gasteiger partial charge in [-0.15, -0.1) is 0 Å². The first-order valence-electron chi connectivity index (χ1n) is 8.10. The molecule has 0 amide bonds. The van der Waals surface area contributed by atoms with Crippen molar-refractivity contribution in [1.29, 1.82) is 5.41 Å². The average Bonchev–Trinajstić information content (AvgIpc) is 2.34. The quantitative estimate of drug-likeness (QED) is 0.243. The van der Waals surface area contributed by atoms with Crippen LogP contribution in [0.1, 0.15) is 96.8 Å². The summed E-state index contributed by atoms with van der Waals surface area (Å²) in [4.78, 5) is 0. The van der Waals surface area contributed by atoms with E-state index >= 15 is 0 Å². The molecule has 0 radical (unpaired) electrons. The lowest BCUT2D eigenvalue weighted by Crippen LogP contribution is -2.08. The van der Waals surface area contributed by atoms with Crippen LogP contribution in [0, 0.1) is 5.41 Å². The highest BCUT2D eigenvalue weighted by atomic mass is 14.7. The standard InChI is InChI=1S/C16H34N2/c1-2-3-4-5-6-7-8-9-10-11-12-13-14-15-16(17)18/h2-15H2,1H3,(H3,17,18). The monoisotopic (exact) mass is 254 g/mol. The number of nitrogens with one attached hydrogen (secondary N) is 1. The molecule has 0 spiro atoms. The van der Waals surface area contributed by atoms with Crippen LogP contribution in [0.2, 0.25) is 0 Å². The molecule has 0 rings (SSSR count). The van der Waals surface area contributed by atoms with Gasteiger partial charge in [0.15, 0.2) is 0 Å². The third kappa shape index (κ3) is 15.5. The summed E-state index contributed by atoms with van der Waals surface area (Å²) in [5, 5.41) is 7.13. The Morgan fingerprint density at radius 1 is 0.667 bits per heavy atom. The van der Waals surface area contributed by atoms with Gasteiger partial charge in [0.05, 0.1) is 5.84 Å². The topological polar surface area (TPSA) is 49.9 Å². The Balaban J connectivity index is 2.92. The Bertz CT molecular complexity index is 178. The van der Waals surface area contributed by atoms with E-state index in [2.05, 4.69) is 6.92 Å². The van der Waals surface area contributed by atoms with Crippen LogP contribution in [0.25, 0.3) is 0 Å². The molecule has 0 aliphatic heterocycles.